The van der Waals surface area contributed by atoms with Crippen molar-refractivity contribution in [2.45, 2.75) is 145 Å². The third-order valence-corrected chi connectivity index (χ3v) is 15.7. The van der Waals surface area contributed by atoms with Crippen molar-refractivity contribution in [3.05, 3.63) is 58.7 Å². The predicted molar refractivity (Wildman–Crippen MR) is 223 cm³/mol. The Labute approximate surface area is 347 Å². The standard InChI is InChI=1S/C48H70N2O8/c1-9-49-24-26-50(27-25-49)41(53)18-19-42(54)58-39-21-22-46(6)36(32(39)4)20-23-47(7)44(46)38(52)28-37-43(40(57-33(5)51)29-48(37,47)8)35(17-13-14-31(2)3)45(55)56-30-34-15-11-10-12-16-34/h10-12,14-16,32,36-40,44,52H,9,13,17-30H2,1-8H3/b43-35-/t32-,36-,37-,38+,39+,40-,44-,46-,47-,48-/m0/s1. The number of likely N-dealkylation sites (N-methyl/N-ethyl adjacent to an activating group) is 1. The van der Waals surface area contributed by atoms with E-state index in [0.717, 1.165) is 55.6 Å². The van der Waals surface area contributed by atoms with Crippen LogP contribution in [0.15, 0.2) is 53.1 Å². The van der Waals surface area contributed by atoms with Gasteiger partial charge in [0.2, 0.25) is 5.91 Å². The summed E-state index contributed by atoms with van der Waals surface area (Å²) in [7, 11) is 0. The van der Waals surface area contributed by atoms with Gasteiger partial charge >= 0.3 is 17.9 Å². The summed E-state index contributed by atoms with van der Waals surface area (Å²) < 4.78 is 18.3. The van der Waals surface area contributed by atoms with E-state index in [1.165, 1.54) is 6.92 Å². The molecule has 1 aromatic carbocycles. The maximum atomic E-state index is 14.2. The van der Waals surface area contributed by atoms with Gasteiger partial charge in [-0.2, -0.15) is 0 Å². The minimum absolute atomic E-state index is 0.0200. The maximum Gasteiger partial charge on any atom is 0.334 e. The van der Waals surface area contributed by atoms with E-state index in [1.807, 2.05) is 49.1 Å². The number of carbonyl (C=O) groups excluding carboxylic acids is 4. The first-order valence-electron chi connectivity index (χ1n) is 22.1. The lowest BCUT2D eigenvalue weighted by Gasteiger charge is -2.69. The number of fused-ring (bicyclic) bond motifs is 5. The Morgan fingerprint density at radius 2 is 1.60 bits per heavy atom. The summed E-state index contributed by atoms with van der Waals surface area (Å²) in [5.74, 6) is -0.946. The van der Waals surface area contributed by atoms with Gasteiger partial charge in [0.05, 0.1) is 12.5 Å². The van der Waals surface area contributed by atoms with E-state index in [1.54, 1.807) is 0 Å². The van der Waals surface area contributed by atoms with Crippen LogP contribution in [0, 0.1) is 39.9 Å². The Morgan fingerprint density at radius 1 is 0.897 bits per heavy atom. The minimum atomic E-state index is -0.641. The van der Waals surface area contributed by atoms with Crippen LogP contribution >= 0.6 is 0 Å². The number of esters is 3. The minimum Gasteiger partial charge on any atom is -0.462 e. The Balaban J connectivity index is 1.22. The normalized spacial score (nSPS) is 35.5. The van der Waals surface area contributed by atoms with Crippen LogP contribution < -0.4 is 0 Å². The molecule has 6 rings (SSSR count). The second-order valence-electron chi connectivity index (χ2n) is 19.2. The molecular formula is C48H70N2O8. The summed E-state index contributed by atoms with van der Waals surface area (Å²) in [6, 6.07) is 9.65. The zero-order valence-electron chi connectivity index (χ0n) is 36.5. The molecule has 1 aliphatic heterocycles. The molecule has 1 saturated heterocycles. The van der Waals surface area contributed by atoms with Crippen LogP contribution in [0.1, 0.15) is 125 Å². The van der Waals surface area contributed by atoms with Gasteiger partial charge in [0, 0.05) is 45.1 Å². The molecule has 4 aliphatic carbocycles. The highest BCUT2D eigenvalue weighted by atomic mass is 16.5. The molecule has 10 heteroatoms. The highest BCUT2D eigenvalue weighted by Crippen LogP contribution is 2.74. The van der Waals surface area contributed by atoms with E-state index in [4.69, 9.17) is 14.2 Å². The molecule has 5 aliphatic rings. The smallest absolute Gasteiger partial charge is 0.334 e. The fourth-order valence-corrected chi connectivity index (χ4v) is 12.6. The molecule has 0 radical (unpaired) electrons. The molecule has 1 aromatic rings. The van der Waals surface area contributed by atoms with Crippen LogP contribution in [-0.4, -0.2) is 89.8 Å². The lowest BCUT2D eigenvalue weighted by atomic mass is 9.36. The Kier molecular flexibility index (Phi) is 13.7. The number of ether oxygens (including phenoxy) is 3. The van der Waals surface area contributed by atoms with E-state index in [0.29, 0.717) is 50.8 Å². The van der Waals surface area contributed by atoms with Gasteiger partial charge in [-0.1, -0.05) is 76.6 Å². The van der Waals surface area contributed by atoms with Crippen molar-refractivity contribution < 1.29 is 38.5 Å². The number of rotatable bonds is 12. The maximum absolute atomic E-state index is 14.2. The first-order chi connectivity index (χ1) is 27.5. The average molecular weight is 803 g/mol. The van der Waals surface area contributed by atoms with Crippen molar-refractivity contribution in [2.75, 3.05) is 32.7 Å². The number of aliphatic hydroxyl groups is 1. The van der Waals surface area contributed by atoms with Crippen LogP contribution in [0.2, 0.25) is 0 Å². The van der Waals surface area contributed by atoms with Gasteiger partial charge in [0.15, 0.2) is 0 Å². The van der Waals surface area contributed by atoms with E-state index in [-0.39, 0.29) is 89.3 Å². The molecule has 4 saturated carbocycles. The number of aliphatic hydroxyl groups excluding tert-OH is 1. The molecule has 320 valence electrons. The predicted octanol–water partition coefficient (Wildman–Crippen LogP) is 7.82. The topological polar surface area (TPSA) is 123 Å². The zero-order chi connectivity index (χ0) is 42.0. The Hall–Kier alpha value is -3.50. The first-order valence-corrected chi connectivity index (χ1v) is 22.1. The Morgan fingerprint density at radius 3 is 2.26 bits per heavy atom. The molecule has 0 aromatic heterocycles. The molecule has 0 unspecified atom stereocenters. The summed E-state index contributed by atoms with van der Waals surface area (Å²) in [4.78, 5) is 57.3. The first kappa shape index (κ1) is 44.1. The highest BCUT2D eigenvalue weighted by molar-refractivity contribution is 5.90. The van der Waals surface area contributed by atoms with Gasteiger partial charge in [-0.3, -0.25) is 14.4 Å². The second-order valence-corrected chi connectivity index (χ2v) is 19.2. The van der Waals surface area contributed by atoms with Crippen molar-refractivity contribution >= 4 is 23.8 Å². The van der Waals surface area contributed by atoms with Crippen molar-refractivity contribution in [1.82, 2.24) is 9.80 Å². The Bertz CT molecular complexity index is 1730. The molecule has 10 nitrogen and oxygen atoms in total. The molecule has 1 N–H and O–H groups in total. The molecule has 1 heterocycles. The molecule has 5 fully saturated rings. The van der Waals surface area contributed by atoms with Gasteiger partial charge in [-0.15, -0.1) is 0 Å². The molecule has 0 spiro atoms. The number of benzene rings is 1. The largest absolute Gasteiger partial charge is 0.462 e. The summed E-state index contributed by atoms with van der Waals surface area (Å²) in [6.45, 7) is 21.1. The van der Waals surface area contributed by atoms with Crippen molar-refractivity contribution in [1.29, 1.82) is 0 Å². The molecule has 10 atom stereocenters. The van der Waals surface area contributed by atoms with Crippen LogP contribution in [-0.2, 0) is 40.0 Å². The van der Waals surface area contributed by atoms with E-state index in [9.17, 15) is 24.3 Å². The van der Waals surface area contributed by atoms with Crippen molar-refractivity contribution in [3.63, 3.8) is 0 Å². The number of allylic oxidation sites excluding steroid dienone is 2. The summed E-state index contributed by atoms with van der Waals surface area (Å²) >= 11 is 0. The average Bonchev–Trinajstić information content (AvgIpc) is 3.46. The highest BCUT2D eigenvalue weighted by Gasteiger charge is 2.71. The summed E-state index contributed by atoms with van der Waals surface area (Å²) in [5, 5.41) is 12.5. The third-order valence-electron chi connectivity index (χ3n) is 15.7. The molecule has 58 heavy (non-hydrogen) atoms. The van der Waals surface area contributed by atoms with Crippen LogP contribution in [0.3, 0.4) is 0 Å². The van der Waals surface area contributed by atoms with Gasteiger partial charge in [-0.05, 0) is 123 Å². The fraction of sp³-hybridized carbons (Fsp3) is 0.708. The summed E-state index contributed by atoms with van der Waals surface area (Å²) in [5.41, 5.74) is 2.54. The van der Waals surface area contributed by atoms with Gasteiger partial charge in [0.25, 0.3) is 0 Å². The van der Waals surface area contributed by atoms with E-state index < -0.39 is 12.2 Å². The van der Waals surface area contributed by atoms with Crippen molar-refractivity contribution in [3.8, 4) is 0 Å². The van der Waals surface area contributed by atoms with Crippen molar-refractivity contribution in [2.24, 2.45) is 39.9 Å². The van der Waals surface area contributed by atoms with Crippen LogP contribution in [0.25, 0.3) is 0 Å². The summed E-state index contributed by atoms with van der Waals surface area (Å²) in [6.07, 6.45) is 6.37. The second kappa shape index (κ2) is 18.0. The quantitative estimate of drug-likeness (QED) is 0.0976. The third kappa shape index (κ3) is 8.70. The molecular weight excluding hydrogens is 733 g/mol. The number of piperazine rings is 1. The monoisotopic (exact) mass is 803 g/mol. The van der Waals surface area contributed by atoms with E-state index >= 15 is 0 Å². The number of nitrogens with zero attached hydrogens (tertiary/aromatic N) is 2. The van der Waals surface area contributed by atoms with Gasteiger partial charge in [0.1, 0.15) is 18.8 Å². The van der Waals surface area contributed by atoms with Crippen LogP contribution in [0.4, 0.5) is 0 Å². The zero-order valence-corrected chi connectivity index (χ0v) is 36.5. The van der Waals surface area contributed by atoms with Crippen LogP contribution in [0.5, 0.6) is 0 Å². The van der Waals surface area contributed by atoms with Gasteiger partial charge in [-0.25, -0.2) is 4.79 Å². The number of carbonyl (C=O) groups is 4. The lowest BCUT2D eigenvalue weighted by molar-refractivity contribution is -0.236. The number of amides is 1. The number of hydrogen-bond donors (Lipinski definition) is 1. The lowest BCUT2D eigenvalue weighted by Crippen LogP contribution is -2.65. The van der Waals surface area contributed by atoms with Gasteiger partial charge < -0.3 is 29.1 Å². The van der Waals surface area contributed by atoms with E-state index in [2.05, 4.69) is 45.6 Å². The molecule has 0 bridgehead atoms. The SMILES string of the molecule is CCN1CCN(C(=O)CCC(=O)O[C@@H]2CC[C@@]3(C)[C@@H](CC[C@@]4(C)[C@H]3[C@H](O)C[C@H]3/C(=C(\CCC=C(C)C)C(=O)OCc5ccccc5)[C@@H](OC(C)=O)C[C@@]34C)[C@@H]2C)CC1. The number of hydrogen-bond acceptors (Lipinski definition) is 9. The fourth-order valence-electron chi connectivity index (χ4n) is 12.6. The molecule has 1 amide bonds.